The summed E-state index contributed by atoms with van der Waals surface area (Å²) in [6.45, 7) is 7.13. The van der Waals surface area contributed by atoms with Crippen LogP contribution >= 0.6 is 11.3 Å². The van der Waals surface area contributed by atoms with Gasteiger partial charge in [-0.05, 0) is 26.3 Å². The van der Waals surface area contributed by atoms with Crippen molar-refractivity contribution in [3.8, 4) is 11.8 Å². The Kier molecular flexibility index (Phi) is 6.22. The van der Waals surface area contributed by atoms with Crippen LogP contribution in [0.3, 0.4) is 0 Å². The summed E-state index contributed by atoms with van der Waals surface area (Å²) in [6.07, 6.45) is 1.37. The summed E-state index contributed by atoms with van der Waals surface area (Å²) in [5.41, 5.74) is 0.0339. The number of aromatic nitrogens is 1. The zero-order valence-corrected chi connectivity index (χ0v) is 17.2. The molecule has 0 saturated carbocycles. The summed E-state index contributed by atoms with van der Waals surface area (Å²) < 4.78 is 5.46. The molecule has 0 radical (unpaired) electrons. The van der Waals surface area contributed by atoms with E-state index >= 15 is 0 Å². The molecule has 7 heteroatoms. The molecule has 1 aromatic heterocycles. The quantitative estimate of drug-likeness (QED) is 0.800. The number of ether oxygens (including phenoxy) is 1. The van der Waals surface area contributed by atoms with Crippen LogP contribution in [0.25, 0.3) is 0 Å². The zero-order valence-electron chi connectivity index (χ0n) is 16.4. The fourth-order valence-corrected chi connectivity index (χ4v) is 3.95. The highest BCUT2D eigenvalue weighted by Crippen LogP contribution is 2.32. The van der Waals surface area contributed by atoms with E-state index in [2.05, 4.69) is 21.7 Å². The minimum atomic E-state index is -0.926. The van der Waals surface area contributed by atoms with Crippen LogP contribution in [0, 0.1) is 11.8 Å². The molecule has 1 aromatic carbocycles. The summed E-state index contributed by atoms with van der Waals surface area (Å²) in [7, 11) is 0. The standard InChI is InChI=1S/C21H25N3O3S/c1-4-8-17-14-23(20(25)27-15-16-9-6-5-7-10-16)11-12-24(17)19-22-13-18(28-19)21(2,3)26/h5-7,9-10,13,17,26H,11-12,14-15H2,1-3H3/t17-/m0/s1. The Bertz CT molecular complexity index is 864. The first-order valence-electron chi connectivity index (χ1n) is 9.21. The van der Waals surface area contributed by atoms with Crippen LogP contribution in [0.5, 0.6) is 0 Å². The first kappa shape index (κ1) is 20.2. The van der Waals surface area contributed by atoms with Gasteiger partial charge in [-0.2, -0.15) is 0 Å². The predicted octanol–water partition coefficient (Wildman–Crippen LogP) is 3.22. The number of carbonyl (C=O) groups excluding carboxylic acids is 1. The number of rotatable bonds is 4. The molecule has 1 fully saturated rings. The van der Waals surface area contributed by atoms with E-state index in [0.717, 1.165) is 15.6 Å². The SMILES string of the molecule is CC#C[C@H]1CN(C(=O)OCc2ccccc2)CCN1c1ncc(C(C)(C)O)s1. The molecule has 1 amide bonds. The largest absolute Gasteiger partial charge is 0.445 e. The molecule has 6 nitrogen and oxygen atoms in total. The molecule has 148 valence electrons. The molecule has 1 aliphatic rings. The van der Waals surface area contributed by atoms with Crippen molar-refractivity contribution in [3.05, 3.63) is 47.0 Å². The topological polar surface area (TPSA) is 65.9 Å². The van der Waals surface area contributed by atoms with Crippen molar-refractivity contribution in [1.29, 1.82) is 0 Å². The van der Waals surface area contributed by atoms with Crippen molar-refractivity contribution in [2.24, 2.45) is 0 Å². The molecule has 2 heterocycles. The monoisotopic (exact) mass is 399 g/mol. The second-order valence-electron chi connectivity index (χ2n) is 7.16. The second-order valence-corrected chi connectivity index (χ2v) is 8.16. The van der Waals surface area contributed by atoms with Crippen molar-refractivity contribution < 1.29 is 14.6 Å². The number of thiazole rings is 1. The third-order valence-corrected chi connectivity index (χ3v) is 5.84. The Hall–Kier alpha value is -2.56. The van der Waals surface area contributed by atoms with E-state index in [1.165, 1.54) is 11.3 Å². The van der Waals surface area contributed by atoms with Gasteiger partial charge < -0.3 is 19.6 Å². The van der Waals surface area contributed by atoms with Crippen LogP contribution in [-0.4, -0.2) is 46.8 Å². The summed E-state index contributed by atoms with van der Waals surface area (Å²) in [5, 5.41) is 11.0. The van der Waals surface area contributed by atoms with Gasteiger partial charge in [0.1, 0.15) is 12.6 Å². The van der Waals surface area contributed by atoms with E-state index in [0.29, 0.717) is 19.6 Å². The zero-order chi connectivity index (χ0) is 20.1. The maximum atomic E-state index is 12.5. The minimum Gasteiger partial charge on any atom is -0.445 e. The molecule has 1 saturated heterocycles. The molecule has 1 atom stereocenters. The third kappa shape index (κ3) is 4.83. The first-order valence-corrected chi connectivity index (χ1v) is 10.0. The van der Waals surface area contributed by atoms with E-state index in [-0.39, 0.29) is 18.7 Å². The number of amides is 1. The number of carbonyl (C=O) groups is 1. The average molecular weight is 400 g/mol. The lowest BCUT2D eigenvalue weighted by molar-refractivity contribution is 0.0823. The van der Waals surface area contributed by atoms with Crippen LogP contribution in [0.15, 0.2) is 36.5 Å². The average Bonchev–Trinajstić information content (AvgIpc) is 3.17. The van der Waals surface area contributed by atoms with E-state index in [4.69, 9.17) is 4.74 Å². The molecule has 0 unspecified atom stereocenters. The number of aliphatic hydroxyl groups is 1. The van der Waals surface area contributed by atoms with Crippen LogP contribution in [0.1, 0.15) is 31.2 Å². The Morgan fingerprint density at radius 3 is 2.75 bits per heavy atom. The summed E-state index contributed by atoms with van der Waals surface area (Å²) in [4.78, 5) is 21.5. The molecule has 0 bridgehead atoms. The van der Waals surface area contributed by atoms with Crippen molar-refractivity contribution in [1.82, 2.24) is 9.88 Å². The van der Waals surface area contributed by atoms with E-state index in [1.807, 2.05) is 30.3 Å². The Balaban J connectivity index is 1.66. The summed E-state index contributed by atoms with van der Waals surface area (Å²) in [6, 6.07) is 9.47. The van der Waals surface area contributed by atoms with E-state index < -0.39 is 5.60 Å². The number of piperazine rings is 1. The smallest absolute Gasteiger partial charge is 0.410 e. The lowest BCUT2D eigenvalue weighted by Crippen LogP contribution is -2.54. The van der Waals surface area contributed by atoms with Gasteiger partial charge in [-0.1, -0.05) is 47.6 Å². The number of nitrogens with zero attached hydrogens (tertiary/aromatic N) is 3. The van der Waals surface area contributed by atoms with Crippen LogP contribution in [-0.2, 0) is 16.9 Å². The van der Waals surface area contributed by atoms with Crippen LogP contribution in [0.2, 0.25) is 0 Å². The van der Waals surface area contributed by atoms with Gasteiger partial charge in [0.15, 0.2) is 5.13 Å². The van der Waals surface area contributed by atoms with E-state index in [1.54, 1.807) is 31.9 Å². The second kappa shape index (κ2) is 8.63. The molecule has 2 aromatic rings. The first-order chi connectivity index (χ1) is 13.4. The third-order valence-electron chi connectivity index (χ3n) is 4.50. The highest BCUT2D eigenvalue weighted by Gasteiger charge is 2.32. The van der Waals surface area contributed by atoms with Crippen molar-refractivity contribution >= 4 is 22.6 Å². The number of hydrogen-bond acceptors (Lipinski definition) is 6. The normalized spacial score (nSPS) is 17.1. The van der Waals surface area contributed by atoms with Crippen molar-refractivity contribution in [2.45, 2.75) is 39.0 Å². The lowest BCUT2D eigenvalue weighted by Gasteiger charge is -2.38. The van der Waals surface area contributed by atoms with Crippen LogP contribution < -0.4 is 4.90 Å². The highest BCUT2D eigenvalue weighted by molar-refractivity contribution is 7.15. The van der Waals surface area contributed by atoms with Gasteiger partial charge in [-0.3, -0.25) is 0 Å². The number of hydrogen-bond donors (Lipinski definition) is 1. The maximum absolute atomic E-state index is 12.5. The maximum Gasteiger partial charge on any atom is 0.410 e. The molecular formula is C21H25N3O3S. The fourth-order valence-electron chi connectivity index (χ4n) is 2.96. The predicted molar refractivity (Wildman–Crippen MR) is 110 cm³/mol. The Morgan fingerprint density at radius 1 is 1.36 bits per heavy atom. The van der Waals surface area contributed by atoms with Crippen molar-refractivity contribution in [2.75, 3.05) is 24.5 Å². The molecule has 1 N–H and O–H groups in total. The van der Waals surface area contributed by atoms with Gasteiger partial charge >= 0.3 is 6.09 Å². The minimum absolute atomic E-state index is 0.163. The molecule has 0 aliphatic carbocycles. The highest BCUT2D eigenvalue weighted by atomic mass is 32.1. The molecule has 3 rings (SSSR count). The van der Waals surface area contributed by atoms with Crippen LogP contribution in [0.4, 0.5) is 9.93 Å². The summed E-state index contributed by atoms with van der Waals surface area (Å²) >= 11 is 1.46. The van der Waals surface area contributed by atoms with Gasteiger partial charge in [-0.25, -0.2) is 9.78 Å². The molecule has 1 aliphatic heterocycles. The summed E-state index contributed by atoms with van der Waals surface area (Å²) in [5.74, 6) is 6.12. The van der Waals surface area contributed by atoms with Gasteiger partial charge in [-0.15, -0.1) is 5.92 Å². The Morgan fingerprint density at radius 2 is 2.11 bits per heavy atom. The number of anilines is 1. The Labute approximate surface area is 169 Å². The molecule has 28 heavy (non-hydrogen) atoms. The van der Waals surface area contributed by atoms with Crippen molar-refractivity contribution in [3.63, 3.8) is 0 Å². The molecular weight excluding hydrogens is 374 g/mol. The number of benzene rings is 1. The van der Waals surface area contributed by atoms with E-state index in [9.17, 15) is 9.90 Å². The molecule has 0 spiro atoms. The van der Waals surface area contributed by atoms with Gasteiger partial charge in [0.05, 0.1) is 17.0 Å². The van der Waals surface area contributed by atoms with Gasteiger partial charge in [0.2, 0.25) is 0 Å². The fraction of sp³-hybridized carbons (Fsp3) is 0.429. The lowest BCUT2D eigenvalue weighted by atomic mass is 10.1. The van der Waals surface area contributed by atoms with Gasteiger partial charge in [0, 0.05) is 19.3 Å². The van der Waals surface area contributed by atoms with Gasteiger partial charge in [0.25, 0.3) is 0 Å².